The summed E-state index contributed by atoms with van der Waals surface area (Å²) in [7, 11) is 0. The number of esters is 2. The van der Waals surface area contributed by atoms with Crippen molar-refractivity contribution in [1.82, 2.24) is 35.7 Å². The molecule has 0 aliphatic heterocycles. The monoisotopic (exact) mass is 1130 g/mol. The summed E-state index contributed by atoms with van der Waals surface area (Å²) in [5, 5.41) is 10.0. The number of imide groups is 1. The third-order valence-corrected chi connectivity index (χ3v) is 17.4. The van der Waals surface area contributed by atoms with Crippen LogP contribution in [-0.4, -0.2) is 118 Å². The third kappa shape index (κ3) is 12.8. The van der Waals surface area contributed by atoms with E-state index in [9.17, 15) is 28.8 Å². The fraction of sp³-hybridized carbons (Fsp3) is 0.438. The van der Waals surface area contributed by atoms with Crippen molar-refractivity contribution >= 4 is 69.6 Å². The van der Waals surface area contributed by atoms with Crippen molar-refractivity contribution < 1.29 is 57.3 Å². The SMILES string of the molecule is CC(C)N(CCCNC(=O)C1C2CC(OC(=O)c3c[nH]c4ccccc34)C(C2)C1C(=O)NC(=O)C1C2CC(CC2OC(=O)c2c[nH]c3ccccc23)C1C(=O)NCCCN(C(=O)OCc1ccccc1)C(C)C)C(=O)OCc1ccccc1. The molecular weight excluding hydrogens is 1060 g/mol. The van der Waals surface area contributed by atoms with E-state index in [2.05, 4.69) is 25.9 Å². The molecule has 2 heterocycles. The van der Waals surface area contributed by atoms with Crippen molar-refractivity contribution in [1.29, 1.82) is 0 Å². The van der Waals surface area contributed by atoms with E-state index in [1.54, 1.807) is 22.2 Å². The lowest BCUT2D eigenvalue weighted by Crippen LogP contribution is -2.53. The van der Waals surface area contributed by atoms with Crippen LogP contribution in [0, 0.1) is 47.3 Å². The largest absolute Gasteiger partial charge is 0.458 e. The molecule has 436 valence electrons. The first kappa shape index (κ1) is 57.7. The summed E-state index contributed by atoms with van der Waals surface area (Å²) in [6.45, 7) is 8.64. The topological polar surface area (TPSA) is 248 Å². The molecule has 4 aliphatic carbocycles. The molecule has 83 heavy (non-hydrogen) atoms. The van der Waals surface area contributed by atoms with Crippen LogP contribution in [0.2, 0.25) is 0 Å². The second kappa shape index (κ2) is 25.8. The summed E-state index contributed by atoms with van der Waals surface area (Å²) in [5.74, 6) is -9.53. The second-order valence-corrected chi connectivity index (χ2v) is 23.1. The highest BCUT2D eigenvalue weighted by Crippen LogP contribution is 2.56. The van der Waals surface area contributed by atoms with Crippen LogP contribution in [0.1, 0.15) is 98.1 Å². The van der Waals surface area contributed by atoms with Crippen molar-refractivity contribution in [3.05, 3.63) is 144 Å². The zero-order valence-corrected chi connectivity index (χ0v) is 47.3. The number of ether oxygens (including phenoxy) is 4. The van der Waals surface area contributed by atoms with Crippen LogP contribution in [0.3, 0.4) is 0 Å². The molecule has 0 radical (unpaired) electrons. The first-order valence-corrected chi connectivity index (χ1v) is 29.0. The van der Waals surface area contributed by atoms with Crippen molar-refractivity contribution in [2.45, 2.75) is 104 Å². The van der Waals surface area contributed by atoms with Crippen molar-refractivity contribution in [3.63, 3.8) is 0 Å². The zero-order chi connectivity index (χ0) is 58.3. The molecule has 4 saturated carbocycles. The summed E-state index contributed by atoms with van der Waals surface area (Å²) < 4.78 is 23.6. The van der Waals surface area contributed by atoms with Crippen LogP contribution in [0.15, 0.2) is 122 Å². The van der Waals surface area contributed by atoms with Gasteiger partial charge >= 0.3 is 24.1 Å². The number of H-pyrrole nitrogens is 2. The lowest BCUT2D eigenvalue weighted by atomic mass is 9.75. The van der Waals surface area contributed by atoms with Gasteiger partial charge in [-0.05, 0) is 101 Å². The first-order valence-electron chi connectivity index (χ1n) is 29.0. The molecule has 4 fully saturated rings. The average molecular weight is 1130 g/mol. The van der Waals surface area contributed by atoms with Gasteiger partial charge in [0.2, 0.25) is 23.6 Å². The Morgan fingerprint density at radius 1 is 0.494 bits per heavy atom. The van der Waals surface area contributed by atoms with E-state index >= 15 is 9.59 Å². The summed E-state index contributed by atoms with van der Waals surface area (Å²) in [6.07, 6.45) is 2.79. The maximum absolute atomic E-state index is 15.1. The van der Waals surface area contributed by atoms with Gasteiger partial charge in [0.15, 0.2) is 0 Å². The third-order valence-electron chi connectivity index (χ3n) is 17.4. The number of hydrogen-bond donors (Lipinski definition) is 5. The molecule has 10 rings (SSSR count). The van der Waals surface area contributed by atoms with Crippen molar-refractivity contribution in [3.8, 4) is 0 Å². The van der Waals surface area contributed by atoms with Gasteiger partial charge in [0, 0.05) is 84.3 Å². The Morgan fingerprint density at radius 2 is 0.880 bits per heavy atom. The molecule has 10 atom stereocenters. The van der Waals surface area contributed by atoms with Crippen LogP contribution >= 0.6 is 0 Å². The predicted octanol–water partition coefficient (Wildman–Crippen LogP) is 8.69. The summed E-state index contributed by atoms with van der Waals surface area (Å²) in [4.78, 5) is 123. The maximum atomic E-state index is 15.1. The van der Waals surface area contributed by atoms with Gasteiger partial charge in [-0.25, -0.2) is 19.2 Å². The van der Waals surface area contributed by atoms with E-state index in [0.29, 0.717) is 60.4 Å². The number of rotatable bonds is 22. The number of amides is 6. The number of benzene rings is 4. The Hall–Kier alpha value is -8.48. The minimum absolute atomic E-state index is 0.109. The van der Waals surface area contributed by atoms with Gasteiger partial charge in [0.05, 0.1) is 34.8 Å². The highest BCUT2D eigenvalue weighted by atomic mass is 16.6. The fourth-order valence-electron chi connectivity index (χ4n) is 13.4. The fourth-order valence-corrected chi connectivity index (χ4v) is 13.4. The molecule has 2 aromatic heterocycles. The van der Waals surface area contributed by atoms with E-state index in [1.807, 2.05) is 137 Å². The highest BCUT2D eigenvalue weighted by molar-refractivity contribution is 6.05. The lowest BCUT2D eigenvalue weighted by molar-refractivity contribution is -0.147. The first-order chi connectivity index (χ1) is 40.1. The van der Waals surface area contributed by atoms with Gasteiger partial charge in [-0.1, -0.05) is 97.1 Å². The van der Waals surface area contributed by atoms with E-state index in [0.717, 1.165) is 22.2 Å². The summed E-state index contributed by atoms with van der Waals surface area (Å²) in [5.41, 5.74) is 3.85. The Kier molecular flexibility index (Phi) is 17.9. The van der Waals surface area contributed by atoms with E-state index in [1.165, 1.54) is 0 Å². The van der Waals surface area contributed by atoms with Gasteiger partial charge in [0.1, 0.15) is 25.4 Å². The van der Waals surface area contributed by atoms with Crippen LogP contribution in [0.5, 0.6) is 0 Å². The van der Waals surface area contributed by atoms with Crippen LogP contribution < -0.4 is 16.0 Å². The number of nitrogens with zero attached hydrogens (tertiary/aromatic N) is 2. The van der Waals surface area contributed by atoms with Crippen molar-refractivity contribution in [2.24, 2.45) is 47.3 Å². The Bertz CT molecular complexity index is 3110. The molecule has 6 aromatic rings. The molecule has 4 aliphatic rings. The van der Waals surface area contributed by atoms with Crippen LogP contribution in [0.4, 0.5) is 9.59 Å². The quantitative estimate of drug-likeness (QED) is 0.0185. The Morgan fingerprint density at radius 3 is 1.28 bits per heavy atom. The predicted molar refractivity (Wildman–Crippen MR) is 307 cm³/mol. The van der Waals surface area contributed by atoms with Gasteiger partial charge in [-0.2, -0.15) is 0 Å². The van der Waals surface area contributed by atoms with E-state index < -0.39 is 107 Å². The van der Waals surface area contributed by atoms with E-state index in [4.69, 9.17) is 18.9 Å². The molecule has 6 amide bonds. The number of carbonyl (C=O) groups is 8. The lowest BCUT2D eigenvalue weighted by Gasteiger charge is -2.36. The Balaban J connectivity index is 0.844. The molecule has 4 bridgehead atoms. The molecule has 5 N–H and O–H groups in total. The Labute approximate surface area is 481 Å². The van der Waals surface area contributed by atoms with Gasteiger partial charge in [-0.15, -0.1) is 0 Å². The normalized spacial score (nSPS) is 23.0. The van der Waals surface area contributed by atoms with Crippen molar-refractivity contribution in [2.75, 3.05) is 26.2 Å². The zero-order valence-electron chi connectivity index (χ0n) is 47.3. The number of aromatic nitrogens is 2. The molecule has 4 aromatic carbocycles. The van der Waals surface area contributed by atoms with Crippen LogP contribution in [0.25, 0.3) is 21.8 Å². The molecule has 19 heteroatoms. The standard InChI is InChI=1S/C64H73N7O12/c1-37(2)70(63(78)80-35-39-17-7-5-8-18-39)27-15-25-65-57(72)53-41-29-45(51(31-41)82-61(76)47-33-67-49-23-13-11-21-43(47)49)55(53)59(74)69-60(75)56-46-30-42(32-52(46)83-62(77)48-34-68-50-24-14-12-22-44(48)50)54(56)58(73)66-26-16-28-71(38(3)4)64(79)81-36-40-19-9-6-10-20-40/h5-14,17-24,33-34,37-38,41-42,45-46,51-56,67-68H,15-16,25-32,35-36H2,1-4H3,(H,65,72)(H,66,73)(H,69,74,75). The minimum atomic E-state index is -1.11. The molecule has 19 nitrogen and oxygen atoms in total. The summed E-state index contributed by atoms with van der Waals surface area (Å²) >= 11 is 0. The molecule has 0 spiro atoms. The minimum Gasteiger partial charge on any atom is -0.458 e. The number of para-hydroxylation sites is 2. The molecular formula is C64H73N7O12. The average Bonchev–Trinajstić information content (AvgIpc) is 2.79. The maximum Gasteiger partial charge on any atom is 0.410 e. The smallest absolute Gasteiger partial charge is 0.410 e. The summed E-state index contributed by atoms with van der Waals surface area (Å²) in [6, 6.07) is 33.0. The number of aromatic amines is 2. The molecule has 0 saturated heterocycles. The number of hydrogen-bond acceptors (Lipinski definition) is 12. The van der Waals surface area contributed by atoms with Gasteiger partial charge in [0.25, 0.3) is 0 Å². The number of fused-ring (bicyclic) bond motifs is 6. The van der Waals surface area contributed by atoms with Gasteiger partial charge in [-0.3, -0.25) is 24.5 Å². The second-order valence-electron chi connectivity index (χ2n) is 23.1. The van der Waals surface area contributed by atoms with E-state index in [-0.39, 0.29) is 51.5 Å². The highest BCUT2D eigenvalue weighted by Gasteiger charge is 2.62. The van der Waals surface area contributed by atoms with Gasteiger partial charge < -0.3 is 49.3 Å². The van der Waals surface area contributed by atoms with Crippen LogP contribution in [-0.2, 0) is 51.3 Å². The molecule has 10 unspecified atom stereocenters. The number of nitrogens with one attached hydrogen (secondary N) is 5. The number of carbonyl (C=O) groups excluding carboxylic acids is 8.